The Hall–Kier alpha value is -4.98. The summed E-state index contributed by atoms with van der Waals surface area (Å²) in [5, 5.41) is 221. The lowest BCUT2D eigenvalue weighted by Gasteiger charge is -2.47. The predicted octanol–water partition coefficient (Wildman–Crippen LogP) is -15.4. The van der Waals surface area contributed by atoms with Gasteiger partial charge in [0.1, 0.15) is 183 Å². The second-order valence-electron chi connectivity index (χ2n) is 31.5. The molecule has 0 bridgehead atoms. The van der Waals surface area contributed by atoms with Crippen molar-refractivity contribution in [3.05, 3.63) is 0 Å². The molecule has 8 heterocycles. The van der Waals surface area contributed by atoms with E-state index in [4.69, 9.17) is 76.0 Å². The molecule has 54 heteroatoms. The van der Waals surface area contributed by atoms with Gasteiger partial charge in [-0.05, 0) is 12.8 Å². The Labute approximate surface area is 729 Å². The highest BCUT2D eigenvalue weighted by molar-refractivity contribution is 8.76. The number of aliphatic hydroxyl groups is 18. The molecule has 0 saturated carbocycles. The maximum Gasteiger partial charge on any atom is 0.217 e. The third-order valence-corrected chi connectivity index (χ3v) is 24.2. The van der Waals surface area contributed by atoms with E-state index in [1.54, 1.807) is 0 Å². The van der Waals surface area contributed by atoms with Crippen LogP contribution in [0.25, 0.3) is 0 Å². The third kappa shape index (κ3) is 28.3. The number of rotatable bonds is 41. The molecule has 40 atom stereocenters. The van der Waals surface area contributed by atoms with Gasteiger partial charge in [-0.1, -0.05) is 21.6 Å². The lowest BCUT2D eigenvalue weighted by Crippen LogP contribution is -2.68. The summed E-state index contributed by atoms with van der Waals surface area (Å²) in [5.41, 5.74) is 0. The number of hydroxylamine groups is 4. The molecule has 0 aliphatic carbocycles. The van der Waals surface area contributed by atoms with Crippen LogP contribution in [-0.2, 0) is 114 Å². The van der Waals surface area contributed by atoms with Crippen molar-refractivity contribution in [2.45, 2.75) is 313 Å². The number of nitrogens with zero attached hydrogens (tertiary/aromatic N) is 2. The molecule has 8 rings (SSSR count). The van der Waals surface area contributed by atoms with Crippen molar-refractivity contribution in [3.8, 4) is 0 Å². The van der Waals surface area contributed by atoms with Crippen LogP contribution < -0.4 is 42.5 Å². The van der Waals surface area contributed by atoms with E-state index in [-0.39, 0.29) is 13.2 Å². The van der Waals surface area contributed by atoms with Crippen LogP contribution in [0.5, 0.6) is 0 Å². The first-order valence-corrected chi connectivity index (χ1v) is 43.1. The third-order valence-electron chi connectivity index (χ3n) is 21.6. The summed E-state index contributed by atoms with van der Waals surface area (Å²) in [6.07, 6.45) is -52.8. The molecule has 0 radical (unpaired) electrons. The van der Waals surface area contributed by atoms with Crippen LogP contribution in [0, 0.1) is 0 Å². The van der Waals surface area contributed by atoms with E-state index < -0.39 is 345 Å². The molecule has 126 heavy (non-hydrogen) atoms. The van der Waals surface area contributed by atoms with Gasteiger partial charge in [0.05, 0.1) is 78.2 Å². The Morgan fingerprint density at radius 3 is 0.619 bits per heavy atom. The van der Waals surface area contributed by atoms with E-state index in [1.807, 2.05) is 0 Å². The molecule has 0 unspecified atom stereocenters. The zero-order valence-electron chi connectivity index (χ0n) is 70.6. The summed E-state index contributed by atoms with van der Waals surface area (Å²) >= 11 is 0. The molecule has 726 valence electrons. The van der Waals surface area contributed by atoms with Gasteiger partial charge in [-0.25, -0.2) is 0 Å². The lowest BCUT2D eigenvalue weighted by atomic mass is 9.95. The van der Waals surface area contributed by atoms with E-state index in [0.717, 1.165) is 55.4 Å². The second-order valence-corrected chi connectivity index (χ2v) is 34.2. The largest absolute Gasteiger partial charge is 0.394 e. The second kappa shape index (κ2) is 49.7. The zero-order chi connectivity index (χ0) is 93.2. The van der Waals surface area contributed by atoms with Crippen LogP contribution >= 0.6 is 21.6 Å². The molecule has 8 aliphatic rings. The summed E-state index contributed by atoms with van der Waals surface area (Å²) < 4.78 is 83.3. The van der Waals surface area contributed by atoms with Crippen LogP contribution in [0.1, 0.15) is 68.2 Å². The van der Waals surface area contributed by atoms with Gasteiger partial charge in [-0.15, -0.1) is 0 Å². The van der Waals surface area contributed by atoms with Gasteiger partial charge >= 0.3 is 0 Å². The summed E-state index contributed by atoms with van der Waals surface area (Å²) in [6, 6.07) is -11.6. The smallest absolute Gasteiger partial charge is 0.217 e. The summed E-state index contributed by atoms with van der Waals surface area (Å²) in [4.78, 5) is 111. The average molecular weight is 1870 g/mol. The zero-order valence-corrected chi connectivity index (χ0v) is 72.2. The molecule has 8 aliphatic heterocycles. The maximum absolute atomic E-state index is 12.5. The predicted molar refractivity (Wildman–Crippen MR) is 418 cm³/mol. The monoisotopic (exact) mass is 1860 g/mol. The number of ether oxygens (including phenoxy) is 14. The Bertz CT molecular complexity index is 3240. The van der Waals surface area contributed by atoms with Gasteiger partial charge in [-0.2, -0.15) is 10.1 Å². The first kappa shape index (κ1) is 106. The number of nitrogens with one attached hydrogen (secondary N) is 8. The molecule has 8 amide bonds. The minimum absolute atomic E-state index is 0.0394. The minimum atomic E-state index is -1.89. The van der Waals surface area contributed by atoms with Crippen LogP contribution in [0.15, 0.2) is 0 Å². The molecular formula is C72H124N10O42S2. The van der Waals surface area contributed by atoms with Gasteiger partial charge in [0, 0.05) is 81.0 Å². The van der Waals surface area contributed by atoms with Crippen molar-refractivity contribution >= 4 is 68.8 Å². The highest BCUT2D eigenvalue weighted by Gasteiger charge is 2.57. The highest BCUT2D eigenvalue weighted by Crippen LogP contribution is 2.35. The molecule has 0 aromatic heterocycles. The standard InChI is InChI=1S/C72H124N10O42S2/c1-25(85)73-41-57(101)51(95)35(19-109-69-45(77-29(5)89)61(105)55(99)39(121-69)23-113-71-47(79-31(7)91)63(107)53(97)37(123-71)21-111-67-43(75-27(3)87)59(103)49(93)33(17-83)119-67)117-65(41)81(9)115-13-11-15-125-126-16-12-14-116-82(10)66-42(74-26(2)86)58(102)52(96)36(118-66)20-110-70-46(78-30(6)90)62(106)56(100)40(122-70)24-114-72-48(80-32(8)92)64(108)54(98)38(124-72)22-112-68-44(76-28(4)88)60(104)50(94)34(18-84)120-68/h33-72,83-84,93-108H,11-24H2,1-10H3,(H,73,85)(H,74,86)(H,75,87)(H,76,88)(H,77,89)(H,78,90)(H,79,91)(H,80,92)/t33-,34-,35-,36-,37-,38-,39-,40-,41-,42-,43-,44-,45-,46-,47-,48-,49-,50-,51-,52-,53-,54-,55-,56-,57-,58-,59-,60-,61-,62-,63-,64-,65-,66-,67-,68-,69-,70-,71-,72-/m1/s1. The fourth-order valence-corrected chi connectivity index (χ4v) is 17.4. The molecule has 0 spiro atoms. The molecule has 8 saturated heterocycles. The number of hydrogen-bond acceptors (Lipinski definition) is 46. The van der Waals surface area contributed by atoms with Gasteiger partial charge in [-0.3, -0.25) is 48.0 Å². The van der Waals surface area contributed by atoms with Gasteiger partial charge in [0.25, 0.3) is 0 Å². The normalized spacial score (nSPS) is 41.0. The van der Waals surface area contributed by atoms with E-state index in [0.29, 0.717) is 24.3 Å². The lowest BCUT2D eigenvalue weighted by molar-refractivity contribution is -0.327. The van der Waals surface area contributed by atoms with Crippen LogP contribution in [0.4, 0.5) is 0 Å². The van der Waals surface area contributed by atoms with Crippen molar-refractivity contribution in [2.75, 3.05) is 91.7 Å². The summed E-state index contributed by atoms with van der Waals surface area (Å²) in [6.45, 7) is 3.14. The Morgan fingerprint density at radius 2 is 0.429 bits per heavy atom. The van der Waals surface area contributed by atoms with E-state index in [2.05, 4.69) is 42.5 Å². The Kier molecular flexibility index (Phi) is 41.9. The first-order valence-electron chi connectivity index (χ1n) is 40.7. The summed E-state index contributed by atoms with van der Waals surface area (Å²) in [7, 11) is 5.78. The van der Waals surface area contributed by atoms with Crippen LogP contribution in [0.3, 0.4) is 0 Å². The molecule has 26 N–H and O–H groups in total. The molecule has 52 nitrogen and oxygen atoms in total. The average Bonchev–Trinajstić information content (AvgIpc) is 0.752. The van der Waals surface area contributed by atoms with E-state index in [9.17, 15) is 130 Å². The number of carbonyl (C=O) groups excluding carboxylic acids is 8. The van der Waals surface area contributed by atoms with E-state index >= 15 is 0 Å². The quantitative estimate of drug-likeness (QED) is 0.0154. The molecular weight excluding hydrogens is 1740 g/mol. The number of amides is 8. The van der Waals surface area contributed by atoms with E-state index in [1.165, 1.54) is 45.8 Å². The number of aliphatic hydroxyl groups excluding tert-OH is 18. The van der Waals surface area contributed by atoms with Crippen molar-refractivity contribution < 1.29 is 206 Å². The van der Waals surface area contributed by atoms with Gasteiger partial charge in [0.2, 0.25) is 47.3 Å². The van der Waals surface area contributed by atoms with Crippen LogP contribution in [-0.4, -0.2) is 486 Å². The maximum atomic E-state index is 12.5. The number of likely N-dealkylation sites (N-methyl/N-ethyl adjacent to an activating group) is 2. The molecule has 0 aromatic carbocycles. The summed E-state index contributed by atoms with van der Waals surface area (Å²) in [5.74, 6) is -4.50. The Balaban J connectivity index is 0.814. The number of carbonyl (C=O) groups is 8. The van der Waals surface area contributed by atoms with Gasteiger partial charge in [0.15, 0.2) is 50.2 Å². The highest BCUT2D eigenvalue weighted by atomic mass is 33.1. The first-order chi connectivity index (χ1) is 59.5. The molecule has 8 fully saturated rings. The number of hydrogen-bond donors (Lipinski definition) is 26. The fourth-order valence-electron chi connectivity index (χ4n) is 15.3. The Morgan fingerprint density at radius 1 is 0.262 bits per heavy atom. The van der Waals surface area contributed by atoms with Gasteiger partial charge < -0.3 is 201 Å². The SMILES string of the molecule is CC(=O)N[C@@H]1[C@@H](O)[C@H](O)[C@@H](CO[C@@H]2O[C@H](CO[C@@H]3O[C@H](CO[C@@H]4O[C@H](CO)[C@@H](O)[C@H](O)[C@H]4NC(C)=O)[C@@H](O)[C@H](O)[C@H]3NC(C)=O)[C@@H](O)[C@H](O)[C@H]2NC(C)=O)O[C@H]1N(C)OCCCSSCCCON(C)[C@@H]1O[C@H](CO[C@@H]2O[C@H](CO[C@@H]3O[C@H](CO[C@@H]4O[C@H](CO)[C@@H](O)[C@H](O)[C@H]4NC(C)=O)[C@@H](O)[C@H](O)[C@H]3NC(C)=O)[C@@H](O)[C@H](O)[C@H]2NC(C)=O)[C@@H](O)[C@H](O)[C@H]1NC(C)=O. The van der Waals surface area contributed by atoms with Crippen molar-refractivity contribution in [2.24, 2.45) is 0 Å². The van der Waals surface area contributed by atoms with Crippen molar-refractivity contribution in [1.82, 2.24) is 52.7 Å². The minimum Gasteiger partial charge on any atom is -0.394 e. The molecule has 0 aromatic rings. The van der Waals surface area contributed by atoms with Crippen molar-refractivity contribution in [1.29, 1.82) is 0 Å². The fraction of sp³-hybridized carbons (Fsp3) is 0.889. The van der Waals surface area contributed by atoms with Crippen molar-refractivity contribution in [3.63, 3.8) is 0 Å². The topological polar surface area (TPSA) is 751 Å². The van der Waals surface area contributed by atoms with Crippen LogP contribution in [0.2, 0.25) is 0 Å².